The Morgan fingerprint density at radius 1 is 0.868 bits per heavy atom. The van der Waals surface area contributed by atoms with Gasteiger partial charge in [0.1, 0.15) is 17.2 Å². The molecule has 4 aromatic carbocycles. The molecular formula is C31H27ClN2O4. The van der Waals surface area contributed by atoms with Crippen LogP contribution in [0.25, 0.3) is 22.0 Å². The van der Waals surface area contributed by atoms with Crippen molar-refractivity contribution in [1.82, 2.24) is 10.3 Å². The number of aromatic amines is 1. The Bertz CT molecular complexity index is 1600. The highest BCUT2D eigenvalue weighted by atomic mass is 35.5. The highest BCUT2D eigenvalue weighted by Crippen LogP contribution is 2.29. The summed E-state index contributed by atoms with van der Waals surface area (Å²) in [7, 11) is 0. The van der Waals surface area contributed by atoms with Crippen molar-refractivity contribution in [2.75, 3.05) is 13.1 Å². The van der Waals surface area contributed by atoms with Gasteiger partial charge in [-0.3, -0.25) is 4.79 Å². The summed E-state index contributed by atoms with van der Waals surface area (Å²) in [4.78, 5) is 14.2. The Kier molecular flexibility index (Phi) is 7.75. The van der Waals surface area contributed by atoms with Gasteiger partial charge in [-0.15, -0.1) is 0 Å². The lowest BCUT2D eigenvalue weighted by atomic mass is 10.0. The first-order valence-corrected chi connectivity index (χ1v) is 12.7. The molecule has 5 aromatic rings. The number of phenolic OH excluding ortho intramolecular Hbond substituents is 1. The van der Waals surface area contributed by atoms with Gasteiger partial charge in [0.2, 0.25) is 5.56 Å². The van der Waals surface area contributed by atoms with E-state index in [1.807, 2.05) is 72.8 Å². The van der Waals surface area contributed by atoms with Gasteiger partial charge in [0.15, 0.2) is 0 Å². The first-order valence-electron chi connectivity index (χ1n) is 12.3. The molecule has 1 aromatic heterocycles. The number of phenols is 1. The second-order valence-electron chi connectivity index (χ2n) is 9.04. The molecule has 0 aliphatic rings. The fourth-order valence-corrected chi connectivity index (χ4v) is 4.50. The van der Waals surface area contributed by atoms with Crippen molar-refractivity contribution in [2.45, 2.75) is 12.5 Å². The van der Waals surface area contributed by atoms with Crippen LogP contribution < -0.4 is 15.6 Å². The monoisotopic (exact) mass is 526 g/mol. The highest BCUT2D eigenvalue weighted by Gasteiger charge is 2.13. The Morgan fingerprint density at radius 2 is 1.66 bits per heavy atom. The first kappa shape index (κ1) is 25.5. The summed E-state index contributed by atoms with van der Waals surface area (Å²) in [6, 6.07) is 29.7. The van der Waals surface area contributed by atoms with Crippen molar-refractivity contribution in [1.29, 1.82) is 0 Å². The zero-order valence-corrected chi connectivity index (χ0v) is 21.3. The number of fused-ring (bicyclic) bond motifs is 1. The van der Waals surface area contributed by atoms with E-state index in [0.29, 0.717) is 34.6 Å². The number of benzene rings is 4. The van der Waals surface area contributed by atoms with E-state index < -0.39 is 6.10 Å². The van der Waals surface area contributed by atoms with Crippen LogP contribution in [0.2, 0.25) is 5.02 Å². The minimum atomic E-state index is -0.789. The lowest BCUT2D eigenvalue weighted by Gasteiger charge is -2.15. The summed E-state index contributed by atoms with van der Waals surface area (Å²) in [6.07, 6.45) is -0.00805. The van der Waals surface area contributed by atoms with Gasteiger partial charge in [-0.2, -0.15) is 0 Å². The zero-order valence-electron chi connectivity index (χ0n) is 20.5. The SMILES string of the molecule is O=c1ccc2c([C@@H](O)CNCCc3ccc(Oc4cccc(-c5ccc(Cl)cc5)c4)cc3)ccc(O)c2[nH]1. The fourth-order valence-electron chi connectivity index (χ4n) is 4.37. The smallest absolute Gasteiger partial charge is 0.248 e. The minimum Gasteiger partial charge on any atom is -0.506 e. The lowest BCUT2D eigenvalue weighted by molar-refractivity contribution is 0.176. The third-order valence-electron chi connectivity index (χ3n) is 6.36. The topological polar surface area (TPSA) is 94.6 Å². The van der Waals surface area contributed by atoms with Crippen molar-refractivity contribution < 1.29 is 14.9 Å². The number of hydrogen-bond acceptors (Lipinski definition) is 5. The molecule has 0 radical (unpaired) electrons. The third kappa shape index (κ3) is 6.06. The number of ether oxygens (including phenoxy) is 1. The normalized spacial score (nSPS) is 11.9. The zero-order chi connectivity index (χ0) is 26.5. The van der Waals surface area contributed by atoms with Crippen molar-refractivity contribution in [2.24, 2.45) is 0 Å². The van der Waals surface area contributed by atoms with Crippen molar-refractivity contribution in [3.63, 3.8) is 0 Å². The van der Waals surface area contributed by atoms with Crippen LogP contribution in [0, 0.1) is 0 Å². The molecule has 7 heteroatoms. The van der Waals surface area contributed by atoms with E-state index in [1.165, 1.54) is 12.1 Å². The van der Waals surface area contributed by atoms with Gasteiger partial charge in [0.25, 0.3) is 0 Å². The van der Waals surface area contributed by atoms with E-state index in [4.69, 9.17) is 16.3 Å². The second kappa shape index (κ2) is 11.5. The molecule has 4 N–H and O–H groups in total. The molecule has 0 amide bonds. The van der Waals surface area contributed by atoms with Gasteiger partial charge in [-0.05, 0) is 83.8 Å². The quantitative estimate of drug-likeness (QED) is 0.171. The van der Waals surface area contributed by atoms with Crippen molar-refractivity contribution >= 4 is 22.5 Å². The van der Waals surface area contributed by atoms with Crippen LogP contribution in [-0.2, 0) is 6.42 Å². The molecule has 6 nitrogen and oxygen atoms in total. The maximum Gasteiger partial charge on any atom is 0.248 e. The maximum absolute atomic E-state index is 11.6. The summed E-state index contributed by atoms with van der Waals surface area (Å²) in [5.41, 5.74) is 3.93. The van der Waals surface area contributed by atoms with Crippen LogP contribution in [0.15, 0.2) is 102 Å². The van der Waals surface area contributed by atoms with E-state index in [2.05, 4.69) is 10.3 Å². The molecule has 0 spiro atoms. The minimum absolute atomic E-state index is 0.0247. The number of H-pyrrole nitrogens is 1. The number of aliphatic hydroxyl groups excluding tert-OH is 1. The van der Waals surface area contributed by atoms with Gasteiger partial charge in [0.05, 0.1) is 11.6 Å². The number of aromatic nitrogens is 1. The van der Waals surface area contributed by atoms with E-state index >= 15 is 0 Å². The molecule has 1 atom stereocenters. The molecule has 0 bridgehead atoms. The number of hydrogen-bond donors (Lipinski definition) is 4. The molecule has 1 heterocycles. The van der Waals surface area contributed by atoms with Crippen molar-refractivity contribution in [3.8, 4) is 28.4 Å². The van der Waals surface area contributed by atoms with Crippen LogP contribution in [0.3, 0.4) is 0 Å². The Labute approximate surface area is 225 Å². The third-order valence-corrected chi connectivity index (χ3v) is 6.62. The molecule has 0 fully saturated rings. The predicted molar refractivity (Wildman–Crippen MR) is 151 cm³/mol. The maximum atomic E-state index is 11.6. The summed E-state index contributed by atoms with van der Waals surface area (Å²) >= 11 is 6.00. The number of nitrogens with one attached hydrogen (secondary N) is 2. The van der Waals surface area contributed by atoms with E-state index in [-0.39, 0.29) is 11.3 Å². The lowest BCUT2D eigenvalue weighted by Crippen LogP contribution is -2.24. The van der Waals surface area contributed by atoms with E-state index in [0.717, 1.165) is 34.6 Å². The van der Waals surface area contributed by atoms with Crippen LogP contribution in [0.4, 0.5) is 0 Å². The van der Waals surface area contributed by atoms with Gasteiger partial charge >= 0.3 is 0 Å². The average molecular weight is 527 g/mol. The summed E-state index contributed by atoms with van der Waals surface area (Å²) < 4.78 is 6.06. The Balaban J connectivity index is 1.14. The fraction of sp³-hybridized carbons (Fsp3) is 0.129. The predicted octanol–water partition coefficient (Wildman–Crippen LogP) is 6.21. The standard InChI is InChI=1S/C31H27ClN2O4/c32-23-8-6-21(7-9-23)22-2-1-3-25(18-22)38-24-10-4-20(5-11-24)16-17-33-19-29(36)26-12-14-28(35)31-27(26)13-15-30(37)34-31/h1-15,18,29,33,35-36H,16-17,19H2,(H,34,37)/t29-/m0/s1. The molecule has 0 aliphatic heterocycles. The van der Waals surface area contributed by atoms with Gasteiger partial charge in [-0.25, -0.2) is 0 Å². The largest absolute Gasteiger partial charge is 0.506 e. The molecule has 0 unspecified atom stereocenters. The molecule has 0 aliphatic carbocycles. The van der Waals surface area contributed by atoms with E-state index in [9.17, 15) is 15.0 Å². The van der Waals surface area contributed by atoms with Gasteiger partial charge in [0, 0.05) is 23.0 Å². The van der Waals surface area contributed by atoms with Crippen LogP contribution in [-0.4, -0.2) is 28.3 Å². The molecule has 0 saturated heterocycles. The number of halogens is 1. The Morgan fingerprint density at radius 3 is 2.45 bits per heavy atom. The number of aliphatic hydroxyl groups is 1. The number of aromatic hydroxyl groups is 1. The highest BCUT2D eigenvalue weighted by molar-refractivity contribution is 6.30. The number of pyridine rings is 1. The summed E-state index contributed by atoms with van der Waals surface area (Å²) in [6.45, 7) is 1.01. The summed E-state index contributed by atoms with van der Waals surface area (Å²) in [5, 5.41) is 25.3. The molecule has 192 valence electrons. The first-order chi connectivity index (χ1) is 18.5. The van der Waals surface area contributed by atoms with Crippen LogP contribution >= 0.6 is 11.6 Å². The van der Waals surface area contributed by atoms with Crippen LogP contribution in [0.1, 0.15) is 17.2 Å². The van der Waals surface area contributed by atoms with Gasteiger partial charge < -0.3 is 25.3 Å². The van der Waals surface area contributed by atoms with E-state index in [1.54, 1.807) is 12.1 Å². The second-order valence-corrected chi connectivity index (χ2v) is 9.47. The summed E-state index contributed by atoms with van der Waals surface area (Å²) in [5.74, 6) is 1.48. The molecule has 38 heavy (non-hydrogen) atoms. The van der Waals surface area contributed by atoms with Crippen molar-refractivity contribution in [3.05, 3.63) is 124 Å². The van der Waals surface area contributed by atoms with Gasteiger partial charge in [-0.1, -0.05) is 54.1 Å². The molecule has 0 saturated carbocycles. The molecular weight excluding hydrogens is 500 g/mol. The van der Waals surface area contributed by atoms with Crippen LogP contribution in [0.5, 0.6) is 17.2 Å². The Hall–Kier alpha value is -4.10. The average Bonchev–Trinajstić information content (AvgIpc) is 2.93. The molecule has 5 rings (SSSR count). The number of rotatable bonds is 9.